The fourth-order valence-corrected chi connectivity index (χ4v) is 2.06. The van der Waals surface area contributed by atoms with E-state index in [4.69, 9.17) is 0 Å². The SMILES string of the molecule is CCCn1ncc2c1ccc1nnc(C)n12. The van der Waals surface area contributed by atoms with Crippen LogP contribution in [-0.2, 0) is 6.54 Å². The zero-order chi connectivity index (χ0) is 11.1. The van der Waals surface area contributed by atoms with Gasteiger partial charge in [0.1, 0.15) is 5.82 Å². The lowest BCUT2D eigenvalue weighted by atomic mass is 10.3. The van der Waals surface area contributed by atoms with Crippen LogP contribution in [0.1, 0.15) is 19.2 Å². The third-order valence-corrected chi connectivity index (χ3v) is 2.78. The molecule has 5 heteroatoms. The lowest BCUT2D eigenvalue weighted by molar-refractivity contribution is 0.622. The van der Waals surface area contributed by atoms with Crippen molar-refractivity contribution in [1.29, 1.82) is 0 Å². The van der Waals surface area contributed by atoms with Crippen molar-refractivity contribution in [1.82, 2.24) is 24.4 Å². The van der Waals surface area contributed by atoms with Gasteiger partial charge in [-0.3, -0.25) is 9.08 Å². The quantitative estimate of drug-likeness (QED) is 0.655. The molecular weight excluding hydrogens is 202 g/mol. The molecule has 0 aliphatic rings. The standard InChI is InChI=1S/C11H13N5/c1-3-6-15-9-4-5-11-14-13-8(2)16(11)10(9)7-12-15/h4-5,7H,3,6H2,1-2H3. The number of rotatable bonds is 2. The molecule has 0 fully saturated rings. The number of hydrogen-bond donors (Lipinski definition) is 0. The normalized spacial score (nSPS) is 11.6. The summed E-state index contributed by atoms with van der Waals surface area (Å²) in [5.41, 5.74) is 3.09. The van der Waals surface area contributed by atoms with Crippen LogP contribution >= 0.6 is 0 Å². The smallest absolute Gasteiger partial charge is 0.161 e. The topological polar surface area (TPSA) is 48.0 Å². The molecule has 82 valence electrons. The summed E-state index contributed by atoms with van der Waals surface area (Å²) in [6, 6.07) is 4.04. The van der Waals surface area contributed by atoms with Gasteiger partial charge in [0.05, 0.1) is 17.2 Å². The highest BCUT2D eigenvalue weighted by Gasteiger charge is 2.08. The van der Waals surface area contributed by atoms with Gasteiger partial charge in [-0.1, -0.05) is 6.92 Å². The number of fused-ring (bicyclic) bond motifs is 3. The number of pyridine rings is 1. The summed E-state index contributed by atoms with van der Waals surface area (Å²) < 4.78 is 4.06. The third kappa shape index (κ3) is 1.14. The van der Waals surface area contributed by atoms with E-state index in [1.54, 1.807) is 0 Å². The second kappa shape index (κ2) is 3.30. The van der Waals surface area contributed by atoms with Gasteiger partial charge in [0, 0.05) is 6.54 Å². The van der Waals surface area contributed by atoms with E-state index in [9.17, 15) is 0 Å². The van der Waals surface area contributed by atoms with Crippen LogP contribution in [0, 0.1) is 6.92 Å². The highest BCUT2D eigenvalue weighted by molar-refractivity contribution is 5.78. The van der Waals surface area contributed by atoms with Crippen LogP contribution in [0.25, 0.3) is 16.7 Å². The number of aromatic nitrogens is 5. The summed E-state index contributed by atoms with van der Waals surface area (Å²) in [6.45, 7) is 5.04. The molecule has 0 aromatic carbocycles. The lowest BCUT2D eigenvalue weighted by Gasteiger charge is -2.01. The molecule has 3 heterocycles. The fourth-order valence-electron chi connectivity index (χ4n) is 2.06. The minimum absolute atomic E-state index is 0.876. The summed E-state index contributed by atoms with van der Waals surface area (Å²) in [5, 5.41) is 12.6. The molecule has 0 saturated heterocycles. The van der Waals surface area contributed by atoms with Crippen molar-refractivity contribution in [3.05, 3.63) is 24.2 Å². The average Bonchev–Trinajstić information content (AvgIpc) is 2.84. The fraction of sp³-hybridized carbons (Fsp3) is 0.364. The number of nitrogens with zero attached hydrogens (tertiary/aromatic N) is 5. The molecule has 16 heavy (non-hydrogen) atoms. The molecular formula is C11H13N5. The Balaban J connectivity index is 2.39. The van der Waals surface area contributed by atoms with Gasteiger partial charge in [0.15, 0.2) is 5.65 Å². The van der Waals surface area contributed by atoms with Gasteiger partial charge in [-0.2, -0.15) is 5.10 Å². The Labute approximate surface area is 92.7 Å². The Morgan fingerprint density at radius 1 is 1.19 bits per heavy atom. The minimum Gasteiger partial charge on any atom is -0.276 e. The van der Waals surface area contributed by atoms with E-state index in [1.807, 2.05) is 28.3 Å². The van der Waals surface area contributed by atoms with Crippen LogP contribution in [0.4, 0.5) is 0 Å². The average molecular weight is 215 g/mol. The van der Waals surface area contributed by atoms with Crippen molar-refractivity contribution >= 4 is 16.7 Å². The van der Waals surface area contributed by atoms with Gasteiger partial charge < -0.3 is 0 Å². The molecule has 0 radical (unpaired) electrons. The van der Waals surface area contributed by atoms with Gasteiger partial charge in [-0.15, -0.1) is 10.2 Å². The molecule has 0 saturated carbocycles. The van der Waals surface area contributed by atoms with Crippen molar-refractivity contribution in [2.75, 3.05) is 0 Å². The second-order valence-corrected chi connectivity index (χ2v) is 3.91. The largest absolute Gasteiger partial charge is 0.276 e. The Morgan fingerprint density at radius 3 is 2.88 bits per heavy atom. The van der Waals surface area contributed by atoms with Crippen LogP contribution in [0.3, 0.4) is 0 Å². The Morgan fingerprint density at radius 2 is 2.06 bits per heavy atom. The van der Waals surface area contributed by atoms with E-state index in [1.165, 1.54) is 0 Å². The molecule has 0 aliphatic carbocycles. The molecule has 0 N–H and O–H groups in total. The van der Waals surface area contributed by atoms with E-state index in [0.717, 1.165) is 35.5 Å². The first-order valence-electron chi connectivity index (χ1n) is 5.47. The molecule has 0 unspecified atom stereocenters. The molecule has 0 atom stereocenters. The number of aryl methyl sites for hydroxylation is 2. The van der Waals surface area contributed by atoms with Crippen LogP contribution < -0.4 is 0 Å². The van der Waals surface area contributed by atoms with E-state index >= 15 is 0 Å². The highest BCUT2D eigenvalue weighted by atomic mass is 15.3. The van der Waals surface area contributed by atoms with Gasteiger partial charge in [-0.05, 0) is 25.5 Å². The molecule has 3 aromatic heterocycles. The van der Waals surface area contributed by atoms with Gasteiger partial charge in [-0.25, -0.2) is 0 Å². The van der Waals surface area contributed by atoms with E-state index in [-0.39, 0.29) is 0 Å². The summed E-state index contributed by atoms with van der Waals surface area (Å²) in [7, 11) is 0. The maximum Gasteiger partial charge on any atom is 0.161 e. The molecule has 0 bridgehead atoms. The first-order valence-corrected chi connectivity index (χ1v) is 5.47. The summed E-state index contributed by atoms with van der Waals surface area (Å²) in [6.07, 6.45) is 2.96. The second-order valence-electron chi connectivity index (χ2n) is 3.91. The lowest BCUT2D eigenvalue weighted by Crippen LogP contribution is -1.98. The van der Waals surface area contributed by atoms with Gasteiger partial charge in [0.2, 0.25) is 0 Å². The summed E-state index contributed by atoms with van der Waals surface area (Å²) in [4.78, 5) is 0. The molecule has 5 nitrogen and oxygen atoms in total. The van der Waals surface area contributed by atoms with Crippen molar-refractivity contribution in [2.45, 2.75) is 26.8 Å². The summed E-state index contributed by atoms with van der Waals surface area (Å²) >= 11 is 0. The zero-order valence-corrected chi connectivity index (χ0v) is 9.38. The van der Waals surface area contributed by atoms with Crippen LogP contribution in [0.2, 0.25) is 0 Å². The number of hydrogen-bond acceptors (Lipinski definition) is 3. The van der Waals surface area contributed by atoms with E-state index in [0.29, 0.717) is 0 Å². The summed E-state index contributed by atoms with van der Waals surface area (Å²) in [5.74, 6) is 0.900. The first kappa shape index (κ1) is 9.33. The van der Waals surface area contributed by atoms with Gasteiger partial charge >= 0.3 is 0 Å². The highest BCUT2D eigenvalue weighted by Crippen LogP contribution is 2.17. The van der Waals surface area contributed by atoms with Crippen molar-refractivity contribution < 1.29 is 0 Å². The van der Waals surface area contributed by atoms with Gasteiger partial charge in [0.25, 0.3) is 0 Å². The van der Waals surface area contributed by atoms with E-state index < -0.39 is 0 Å². The van der Waals surface area contributed by atoms with Crippen LogP contribution in [0.5, 0.6) is 0 Å². The zero-order valence-electron chi connectivity index (χ0n) is 9.38. The molecule has 3 aromatic rings. The van der Waals surface area contributed by atoms with Crippen molar-refractivity contribution in [2.24, 2.45) is 0 Å². The first-order chi connectivity index (χ1) is 7.81. The third-order valence-electron chi connectivity index (χ3n) is 2.78. The minimum atomic E-state index is 0.876. The molecule has 3 rings (SSSR count). The monoisotopic (exact) mass is 215 g/mol. The van der Waals surface area contributed by atoms with E-state index in [2.05, 4.69) is 28.3 Å². The maximum absolute atomic E-state index is 4.40. The van der Waals surface area contributed by atoms with Crippen LogP contribution in [-0.4, -0.2) is 24.4 Å². The Kier molecular flexibility index (Phi) is 1.92. The molecule has 0 amide bonds. The Hall–Kier alpha value is -1.91. The molecule has 0 spiro atoms. The van der Waals surface area contributed by atoms with Crippen molar-refractivity contribution in [3.63, 3.8) is 0 Å². The maximum atomic E-state index is 4.40. The molecule has 0 aliphatic heterocycles. The van der Waals surface area contributed by atoms with Crippen molar-refractivity contribution in [3.8, 4) is 0 Å². The predicted octanol–water partition coefficient (Wildman–Crippen LogP) is 1.80. The predicted molar refractivity (Wildman–Crippen MR) is 61.3 cm³/mol. The van der Waals surface area contributed by atoms with Crippen LogP contribution in [0.15, 0.2) is 18.3 Å². The Bertz CT molecular complexity index is 649.